The fraction of sp³-hybridized carbons (Fsp3) is 0.458. The minimum absolute atomic E-state index is 0.236. The number of ether oxygens (including phenoxy) is 1. The number of hydrogen-bond donors (Lipinski definition) is 0. The van der Waals surface area contributed by atoms with Gasteiger partial charge in [0.05, 0.1) is 12.0 Å². The van der Waals surface area contributed by atoms with Crippen molar-refractivity contribution >= 4 is 17.7 Å². The normalized spacial score (nSPS) is 22.5. The predicted molar refractivity (Wildman–Crippen MR) is 118 cm³/mol. The van der Waals surface area contributed by atoms with Gasteiger partial charge in [-0.25, -0.2) is 0 Å². The smallest absolute Gasteiger partial charge is 0.235 e. The van der Waals surface area contributed by atoms with Gasteiger partial charge in [-0.05, 0) is 50.2 Å². The van der Waals surface area contributed by atoms with Crippen LogP contribution in [0.3, 0.4) is 0 Å². The van der Waals surface area contributed by atoms with Crippen LogP contribution in [0.1, 0.15) is 36.3 Å². The minimum atomic E-state index is -0.277. The van der Waals surface area contributed by atoms with E-state index in [-0.39, 0.29) is 17.9 Å². The third-order valence-electron chi connectivity index (χ3n) is 6.32. The summed E-state index contributed by atoms with van der Waals surface area (Å²) in [5.74, 6) is 3.76. The first-order chi connectivity index (χ1) is 14.3. The molecule has 2 aromatic rings. The molecule has 0 aliphatic carbocycles. The number of carbonyl (C=O) groups excluding carboxylic acids is 1. The molecule has 152 valence electrons. The maximum Gasteiger partial charge on any atom is 0.235 e. The first kappa shape index (κ1) is 19.0. The Morgan fingerprint density at radius 2 is 1.59 bits per heavy atom. The zero-order chi connectivity index (χ0) is 19.6. The van der Waals surface area contributed by atoms with Crippen LogP contribution >= 0.6 is 11.8 Å². The fourth-order valence-electron chi connectivity index (χ4n) is 4.88. The molecular weight excluding hydrogens is 380 g/mol. The molecule has 0 N–H and O–H groups in total. The second-order valence-electron chi connectivity index (χ2n) is 8.23. The average molecular weight is 409 g/mol. The minimum Gasteiger partial charge on any atom is -0.457 e. The number of amides is 1. The number of fused-ring (bicyclic) bond motifs is 2. The highest BCUT2D eigenvalue weighted by atomic mass is 32.2. The van der Waals surface area contributed by atoms with E-state index in [4.69, 9.17) is 4.74 Å². The Kier molecular flexibility index (Phi) is 5.51. The summed E-state index contributed by atoms with van der Waals surface area (Å²) in [5.41, 5.74) is 1.99. The third kappa shape index (κ3) is 3.78. The highest BCUT2D eigenvalue weighted by Crippen LogP contribution is 2.45. The van der Waals surface area contributed by atoms with Crippen LogP contribution in [0.4, 0.5) is 0 Å². The van der Waals surface area contributed by atoms with E-state index >= 15 is 0 Å². The van der Waals surface area contributed by atoms with Crippen molar-refractivity contribution in [3.05, 3.63) is 59.7 Å². The summed E-state index contributed by atoms with van der Waals surface area (Å²) in [7, 11) is 0. The van der Waals surface area contributed by atoms with Crippen molar-refractivity contribution in [3.63, 3.8) is 0 Å². The van der Waals surface area contributed by atoms with Crippen LogP contribution in [0.15, 0.2) is 48.5 Å². The first-order valence-electron chi connectivity index (χ1n) is 10.8. The van der Waals surface area contributed by atoms with Crippen molar-refractivity contribution in [1.29, 1.82) is 0 Å². The zero-order valence-corrected chi connectivity index (χ0v) is 17.6. The van der Waals surface area contributed by atoms with Crippen molar-refractivity contribution in [1.82, 2.24) is 9.80 Å². The summed E-state index contributed by atoms with van der Waals surface area (Å²) in [6.45, 7) is 4.20. The van der Waals surface area contributed by atoms with Crippen LogP contribution in [0, 0.1) is 0 Å². The van der Waals surface area contributed by atoms with Crippen LogP contribution in [-0.4, -0.2) is 59.4 Å². The number of carbonyl (C=O) groups is 1. The molecule has 3 heterocycles. The maximum absolute atomic E-state index is 14.1. The molecule has 5 rings (SSSR count). The second-order valence-corrected chi connectivity index (χ2v) is 9.38. The molecule has 3 aliphatic rings. The molecule has 5 heteroatoms. The second kappa shape index (κ2) is 8.41. The highest BCUT2D eigenvalue weighted by Gasteiger charge is 2.38. The number of para-hydroxylation sites is 2. The van der Waals surface area contributed by atoms with Crippen LogP contribution < -0.4 is 4.74 Å². The van der Waals surface area contributed by atoms with E-state index in [0.717, 1.165) is 53.6 Å². The van der Waals surface area contributed by atoms with E-state index in [0.29, 0.717) is 0 Å². The van der Waals surface area contributed by atoms with E-state index in [2.05, 4.69) is 21.9 Å². The Morgan fingerprint density at radius 1 is 0.931 bits per heavy atom. The van der Waals surface area contributed by atoms with Gasteiger partial charge >= 0.3 is 0 Å². The number of hydrogen-bond acceptors (Lipinski definition) is 4. The topological polar surface area (TPSA) is 32.8 Å². The zero-order valence-electron chi connectivity index (χ0n) is 16.8. The molecular formula is C24H28N2O2S. The predicted octanol–water partition coefficient (Wildman–Crippen LogP) is 4.35. The molecule has 0 bridgehead atoms. The van der Waals surface area contributed by atoms with Crippen molar-refractivity contribution in [2.45, 2.75) is 31.2 Å². The maximum atomic E-state index is 14.1. The molecule has 0 aromatic heterocycles. The molecule has 1 amide bonds. The first-order valence-corrected chi connectivity index (χ1v) is 11.9. The van der Waals surface area contributed by atoms with Gasteiger partial charge in [0.15, 0.2) is 0 Å². The molecule has 29 heavy (non-hydrogen) atoms. The van der Waals surface area contributed by atoms with Crippen LogP contribution in [0.2, 0.25) is 0 Å². The fourth-order valence-corrected chi connectivity index (χ4v) is 5.93. The summed E-state index contributed by atoms with van der Waals surface area (Å²) < 4.78 is 6.12. The summed E-state index contributed by atoms with van der Waals surface area (Å²) in [4.78, 5) is 18.8. The Labute approximate surface area is 177 Å². The summed E-state index contributed by atoms with van der Waals surface area (Å²) in [6, 6.07) is 16.3. The lowest BCUT2D eigenvalue weighted by atomic mass is 9.86. The summed E-state index contributed by atoms with van der Waals surface area (Å²) in [6.07, 6.45) is 3.64. The van der Waals surface area contributed by atoms with Crippen molar-refractivity contribution in [2.75, 3.05) is 37.7 Å². The number of thioether (sulfide) groups is 1. The number of benzene rings is 2. The van der Waals surface area contributed by atoms with Gasteiger partial charge in [0, 0.05) is 30.0 Å². The molecule has 4 nitrogen and oxygen atoms in total. The highest BCUT2D eigenvalue weighted by molar-refractivity contribution is 7.99. The number of nitrogens with zero attached hydrogens (tertiary/aromatic N) is 2. The van der Waals surface area contributed by atoms with Gasteiger partial charge in [-0.1, -0.05) is 36.4 Å². The monoisotopic (exact) mass is 408 g/mol. The van der Waals surface area contributed by atoms with Crippen molar-refractivity contribution in [2.24, 2.45) is 0 Å². The Bertz CT molecular complexity index is 835. The van der Waals surface area contributed by atoms with Gasteiger partial charge in [0.1, 0.15) is 11.5 Å². The van der Waals surface area contributed by atoms with Gasteiger partial charge in [0.2, 0.25) is 5.91 Å². The Morgan fingerprint density at radius 3 is 2.28 bits per heavy atom. The Hall–Kier alpha value is -1.98. The molecule has 2 fully saturated rings. The van der Waals surface area contributed by atoms with Crippen molar-refractivity contribution in [3.8, 4) is 11.5 Å². The molecule has 0 radical (unpaired) electrons. The molecule has 0 saturated carbocycles. The van der Waals surface area contributed by atoms with Gasteiger partial charge in [-0.3, -0.25) is 4.79 Å². The average Bonchev–Trinajstić information content (AvgIpc) is 3.16. The van der Waals surface area contributed by atoms with E-state index in [9.17, 15) is 4.79 Å². The quantitative estimate of drug-likeness (QED) is 0.756. The van der Waals surface area contributed by atoms with Crippen LogP contribution in [0.25, 0.3) is 0 Å². The molecule has 2 saturated heterocycles. The van der Waals surface area contributed by atoms with Gasteiger partial charge in [-0.2, -0.15) is 11.8 Å². The summed E-state index contributed by atoms with van der Waals surface area (Å²) >= 11 is 2.00. The van der Waals surface area contributed by atoms with Gasteiger partial charge in [0.25, 0.3) is 0 Å². The van der Waals surface area contributed by atoms with E-state index in [1.165, 1.54) is 25.9 Å². The van der Waals surface area contributed by atoms with Gasteiger partial charge in [-0.15, -0.1) is 0 Å². The van der Waals surface area contributed by atoms with Gasteiger partial charge < -0.3 is 14.5 Å². The third-order valence-corrected chi connectivity index (χ3v) is 7.51. The lowest BCUT2D eigenvalue weighted by Gasteiger charge is -2.37. The summed E-state index contributed by atoms with van der Waals surface area (Å²) in [5, 5.41) is 0. The Balaban J connectivity index is 1.49. The van der Waals surface area contributed by atoms with Crippen LogP contribution in [-0.2, 0) is 4.79 Å². The van der Waals surface area contributed by atoms with Crippen molar-refractivity contribution < 1.29 is 9.53 Å². The standard InChI is InChI=1S/C24H28N2O2S/c27-24(26-14-7-15-29-17-18(26)16-25-12-5-6-13-25)23-19-8-1-3-10-21(19)28-22-11-4-2-9-20(22)23/h1-4,8-11,18,23H,5-7,12-17H2. The lowest BCUT2D eigenvalue weighted by molar-refractivity contribution is -0.134. The number of likely N-dealkylation sites (tertiary alicyclic amines) is 1. The molecule has 0 spiro atoms. The van der Waals surface area contributed by atoms with Crippen LogP contribution in [0.5, 0.6) is 11.5 Å². The molecule has 2 aromatic carbocycles. The molecule has 3 aliphatic heterocycles. The van der Waals surface area contributed by atoms with E-state index < -0.39 is 0 Å². The van der Waals surface area contributed by atoms with E-state index in [1.54, 1.807) is 0 Å². The number of rotatable bonds is 3. The van der Waals surface area contributed by atoms with E-state index in [1.807, 2.05) is 48.2 Å². The SMILES string of the molecule is O=C(C1c2ccccc2Oc2ccccc21)N1CCCSCC1CN1CCCC1. The molecule has 1 atom stereocenters. The molecule has 1 unspecified atom stereocenters. The lowest BCUT2D eigenvalue weighted by Crippen LogP contribution is -2.49. The largest absolute Gasteiger partial charge is 0.457 e.